The van der Waals surface area contributed by atoms with Crippen molar-refractivity contribution >= 4 is 11.9 Å². The Morgan fingerprint density at radius 2 is 1.67 bits per heavy atom. The summed E-state index contributed by atoms with van der Waals surface area (Å²) in [6.07, 6.45) is 0.750. The van der Waals surface area contributed by atoms with E-state index in [-0.39, 0.29) is 18.1 Å². The lowest BCUT2D eigenvalue weighted by Crippen LogP contribution is -2.39. The van der Waals surface area contributed by atoms with E-state index in [1.807, 2.05) is 39.9 Å². The standard InChI is InChI=1S/C23H22FN3O3/c24-19-7-5-18(6-8-19)17-3-1-16(2-4-17)13-22(28)26-11-12-27-21(15-26)14-20(25-27)9-10-23(29)30/h1-8,14H,9-13,15H2,(H,29,30). The maximum Gasteiger partial charge on any atom is 0.303 e. The highest BCUT2D eigenvalue weighted by molar-refractivity contribution is 5.79. The number of carboxylic acid groups (broad SMARTS) is 1. The minimum Gasteiger partial charge on any atom is -0.481 e. The number of amides is 1. The molecule has 0 fully saturated rings. The Balaban J connectivity index is 1.37. The number of nitrogens with zero attached hydrogens (tertiary/aromatic N) is 3. The number of halogens is 1. The molecule has 0 radical (unpaired) electrons. The highest BCUT2D eigenvalue weighted by Crippen LogP contribution is 2.21. The van der Waals surface area contributed by atoms with E-state index < -0.39 is 5.97 Å². The van der Waals surface area contributed by atoms with E-state index in [0.29, 0.717) is 32.5 Å². The monoisotopic (exact) mass is 407 g/mol. The highest BCUT2D eigenvalue weighted by atomic mass is 19.1. The molecule has 154 valence electrons. The van der Waals surface area contributed by atoms with Crippen LogP contribution in [-0.4, -0.2) is 38.2 Å². The van der Waals surface area contributed by atoms with Gasteiger partial charge in [-0.25, -0.2) is 4.39 Å². The summed E-state index contributed by atoms with van der Waals surface area (Å²) in [6.45, 7) is 1.67. The Labute approximate surface area is 173 Å². The number of fused-ring (bicyclic) bond motifs is 1. The zero-order valence-corrected chi connectivity index (χ0v) is 16.4. The van der Waals surface area contributed by atoms with E-state index in [0.717, 1.165) is 28.1 Å². The molecule has 30 heavy (non-hydrogen) atoms. The van der Waals surface area contributed by atoms with Gasteiger partial charge in [-0.1, -0.05) is 36.4 Å². The molecule has 3 aromatic rings. The SMILES string of the molecule is O=C(O)CCc1cc2n(n1)CCN(C(=O)Cc1ccc(-c3ccc(F)cc3)cc1)C2. The molecule has 1 amide bonds. The van der Waals surface area contributed by atoms with Gasteiger partial charge in [0, 0.05) is 13.0 Å². The molecule has 2 aromatic carbocycles. The average molecular weight is 407 g/mol. The first-order chi connectivity index (χ1) is 14.5. The van der Waals surface area contributed by atoms with Crippen molar-refractivity contribution in [3.05, 3.63) is 77.4 Å². The number of hydrogen-bond donors (Lipinski definition) is 1. The van der Waals surface area contributed by atoms with E-state index in [4.69, 9.17) is 5.11 Å². The van der Waals surface area contributed by atoms with Gasteiger partial charge in [0.2, 0.25) is 5.91 Å². The van der Waals surface area contributed by atoms with Crippen LogP contribution in [-0.2, 0) is 35.5 Å². The lowest BCUT2D eigenvalue weighted by atomic mass is 10.0. The van der Waals surface area contributed by atoms with Gasteiger partial charge < -0.3 is 10.0 Å². The summed E-state index contributed by atoms with van der Waals surface area (Å²) in [4.78, 5) is 25.3. The molecule has 0 saturated heterocycles. The lowest BCUT2D eigenvalue weighted by Gasteiger charge is -2.27. The molecule has 4 rings (SSSR count). The predicted octanol–water partition coefficient (Wildman–Crippen LogP) is 3.29. The second-order valence-corrected chi connectivity index (χ2v) is 7.44. The van der Waals surface area contributed by atoms with Crippen LogP contribution < -0.4 is 0 Å². The first-order valence-electron chi connectivity index (χ1n) is 9.88. The first kappa shape index (κ1) is 19.8. The van der Waals surface area contributed by atoms with Crippen LogP contribution in [0.15, 0.2) is 54.6 Å². The van der Waals surface area contributed by atoms with Gasteiger partial charge in [-0.3, -0.25) is 14.3 Å². The zero-order chi connectivity index (χ0) is 21.1. The number of carbonyl (C=O) groups is 2. The van der Waals surface area contributed by atoms with Gasteiger partial charge in [-0.15, -0.1) is 0 Å². The number of benzene rings is 2. The number of carbonyl (C=O) groups excluding carboxylic acids is 1. The minimum absolute atomic E-state index is 0.0454. The second-order valence-electron chi connectivity index (χ2n) is 7.44. The fraction of sp³-hybridized carbons (Fsp3) is 0.261. The fourth-order valence-electron chi connectivity index (χ4n) is 3.64. The number of aliphatic carboxylic acids is 1. The van der Waals surface area contributed by atoms with Crippen LogP contribution in [0.1, 0.15) is 23.4 Å². The Kier molecular flexibility index (Phi) is 5.61. The molecule has 7 heteroatoms. The van der Waals surface area contributed by atoms with Crippen molar-refractivity contribution in [1.82, 2.24) is 14.7 Å². The second kappa shape index (κ2) is 8.49. The lowest BCUT2D eigenvalue weighted by molar-refractivity contribution is -0.137. The van der Waals surface area contributed by atoms with Gasteiger partial charge in [0.1, 0.15) is 5.82 Å². The summed E-state index contributed by atoms with van der Waals surface area (Å²) >= 11 is 0. The van der Waals surface area contributed by atoms with Crippen molar-refractivity contribution in [3.8, 4) is 11.1 Å². The maximum absolute atomic E-state index is 13.1. The van der Waals surface area contributed by atoms with Crippen molar-refractivity contribution in [3.63, 3.8) is 0 Å². The molecule has 6 nitrogen and oxygen atoms in total. The largest absolute Gasteiger partial charge is 0.481 e. The number of aromatic nitrogens is 2. The van der Waals surface area contributed by atoms with Gasteiger partial charge >= 0.3 is 5.97 Å². The number of aryl methyl sites for hydroxylation is 1. The van der Waals surface area contributed by atoms with E-state index in [2.05, 4.69) is 5.10 Å². The van der Waals surface area contributed by atoms with Gasteiger partial charge in [0.05, 0.1) is 37.3 Å². The zero-order valence-electron chi connectivity index (χ0n) is 16.4. The van der Waals surface area contributed by atoms with Crippen LogP contribution in [0.25, 0.3) is 11.1 Å². The molecule has 0 bridgehead atoms. The Morgan fingerprint density at radius 1 is 1.00 bits per heavy atom. The summed E-state index contributed by atoms with van der Waals surface area (Å²) in [5, 5.41) is 13.3. The van der Waals surface area contributed by atoms with E-state index in [1.54, 1.807) is 12.1 Å². The van der Waals surface area contributed by atoms with Gasteiger partial charge in [-0.05, 0) is 34.9 Å². The summed E-state index contributed by atoms with van der Waals surface area (Å²) < 4.78 is 14.9. The van der Waals surface area contributed by atoms with E-state index in [1.165, 1.54) is 12.1 Å². The summed E-state index contributed by atoms with van der Waals surface area (Å²) in [7, 11) is 0. The van der Waals surface area contributed by atoms with Crippen molar-refractivity contribution in [2.24, 2.45) is 0 Å². The van der Waals surface area contributed by atoms with Crippen molar-refractivity contribution in [2.45, 2.75) is 32.4 Å². The minimum atomic E-state index is -0.844. The highest BCUT2D eigenvalue weighted by Gasteiger charge is 2.22. The van der Waals surface area contributed by atoms with Crippen LogP contribution in [0.4, 0.5) is 4.39 Å². The van der Waals surface area contributed by atoms with Crippen LogP contribution in [0.5, 0.6) is 0 Å². The molecule has 0 saturated carbocycles. The van der Waals surface area contributed by atoms with Crippen LogP contribution in [0.2, 0.25) is 0 Å². The molecule has 1 aromatic heterocycles. The fourth-order valence-corrected chi connectivity index (χ4v) is 3.64. The average Bonchev–Trinajstić information content (AvgIpc) is 3.15. The number of carboxylic acids is 1. The summed E-state index contributed by atoms with van der Waals surface area (Å²) in [5.41, 5.74) is 4.51. The van der Waals surface area contributed by atoms with Gasteiger partial charge in [-0.2, -0.15) is 5.10 Å². The Bertz CT molecular complexity index is 1060. The number of hydrogen-bond acceptors (Lipinski definition) is 3. The summed E-state index contributed by atoms with van der Waals surface area (Å²) in [5.74, 6) is -1.06. The van der Waals surface area contributed by atoms with Crippen molar-refractivity contribution < 1.29 is 19.1 Å². The van der Waals surface area contributed by atoms with E-state index in [9.17, 15) is 14.0 Å². The molecular weight excluding hydrogens is 385 g/mol. The Morgan fingerprint density at radius 3 is 2.33 bits per heavy atom. The molecule has 1 N–H and O–H groups in total. The predicted molar refractivity (Wildman–Crippen MR) is 109 cm³/mol. The topological polar surface area (TPSA) is 75.4 Å². The Hall–Kier alpha value is -3.48. The molecular formula is C23H22FN3O3. The molecule has 0 atom stereocenters. The molecule has 0 spiro atoms. The van der Waals surface area contributed by atoms with Crippen LogP contribution >= 0.6 is 0 Å². The van der Waals surface area contributed by atoms with E-state index >= 15 is 0 Å². The molecule has 1 aliphatic rings. The van der Waals surface area contributed by atoms with Gasteiger partial charge in [0.25, 0.3) is 0 Å². The van der Waals surface area contributed by atoms with Gasteiger partial charge in [0.15, 0.2) is 0 Å². The maximum atomic E-state index is 13.1. The third-order valence-electron chi connectivity index (χ3n) is 5.28. The molecule has 2 heterocycles. The molecule has 1 aliphatic heterocycles. The van der Waals surface area contributed by atoms with Crippen LogP contribution in [0, 0.1) is 5.82 Å². The number of rotatable bonds is 6. The molecule has 0 unspecified atom stereocenters. The van der Waals surface area contributed by atoms with Crippen LogP contribution in [0.3, 0.4) is 0 Å². The third kappa shape index (κ3) is 4.56. The molecule has 0 aliphatic carbocycles. The smallest absolute Gasteiger partial charge is 0.303 e. The van der Waals surface area contributed by atoms with Crippen molar-refractivity contribution in [2.75, 3.05) is 6.54 Å². The third-order valence-corrected chi connectivity index (χ3v) is 5.28. The normalized spacial score (nSPS) is 13.2. The first-order valence-corrected chi connectivity index (χ1v) is 9.88. The quantitative estimate of drug-likeness (QED) is 0.680. The summed E-state index contributed by atoms with van der Waals surface area (Å²) in [6, 6.07) is 15.9. The van der Waals surface area contributed by atoms with Crippen molar-refractivity contribution in [1.29, 1.82) is 0 Å².